The summed E-state index contributed by atoms with van der Waals surface area (Å²) in [4.78, 5) is 34.2. The van der Waals surface area contributed by atoms with E-state index in [-0.39, 0.29) is 30.4 Å². The van der Waals surface area contributed by atoms with Crippen molar-refractivity contribution in [1.29, 1.82) is 0 Å². The summed E-state index contributed by atoms with van der Waals surface area (Å²) in [7, 11) is 0. The molecule has 1 aliphatic carbocycles. The highest BCUT2D eigenvalue weighted by Crippen LogP contribution is 2.27. The minimum absolute atomic E-state index is 0.0862. The van der Waals surface area contributed by atoms with Crippen molar-refractivity contribution in [3.8, 4) is 0 Å². The van der Waals surface area contributed by atoms with Crippen LogP contribution in [0.2, 0.25) is 0 Å². The fourth-order valence-corrected chi connectivity index (χ4v) is 5.82. The standard InChI is InChI=1S/C33H38N4O2/c1-23-18-19-28(24(2)20-23)33(39)34-25(3)32-35-29-16-10-11-17-30(29)37(32)22-31(38)36(27-14-8-5-9-15-27)21-26-12-6-4-7-13-26/h4,6-7,10-13,16-20,25,27H,5,8-9,14-15,21-22H2,1-3H3,(H,34,39). The number of rotatable bonds is 8. The Labute approximate surface area is 231 Å². The fourth-order valence-electron chi connectivity index (χ4n) is 5.82. The van der Waals surface area contributed by atoms with Gasteiger partial charge in [0.15, 0.2) is 0 Å². The highest BCUT2D eigenvalue weighted by atomic mass is 16.2. The number of fused-ring (bicyclic) bond motifs is 1. The number of hydrogen-bond donors (Lipinski definition) is 1. The van der Waals surface area contributed by atoms with Crippen LogP contribution in [0.25, 0.3) is 11.0 Å². The SMILES string of the molecule is Cc1ccc(C(=O)NC(C)c2nc3ccccc3n2CC(=O)N(Cc2ccccc2)C2CCCCC2)c(C)c1. The van der Waals surface area contributed by atoms with Crippen LogP contribution < -0.4 is 5.32 Å². The van der Waals surface area contributed by atoms with Gasteiger partial charge in [-0.15, -0.1) is 0 Å². The van der Waals surface area contributed by atoms with Crippen molar-refractivity contribution in [3.05, 3.63) is 101 Å². The molecule has 1 N–H and O–H groups in total. The first kappa shape index (κ1) is 26.7. The topological polar surface area (TPSA) is 67.2 Å². The van der Waals surface area contributed by atoms with Crippen molar-refractivity contribution in [2.75, 3.05) is 0 Å². The Morgan fingerprint density at radius 3 is 2.44 bits per heavy atom. The third-order valence-corrected chi connectivity index (χ3v) is 7.87. The van der Waals surface area contributed by atoms with Gasteiger partial charge in [0.25, 0.3) is 5.91 Å². The number of carbonyl (C=O) groups is 2. The van der Waals surface area contributed by atoms with E-state index in [0.29, 0.717) is 17.9 Å². The van der Waals surface area contributed by atoms with Crippen molar-refractivity contribution >= 4 is 22.8 Å². The normalized spacial score (nSPS) is 14.7. The summed E-state index contributed by atoms with van der Waals surface area (Å²) < 4.78 is 1.99. The Hall–Kier alpha value is -3.93. The molecule has 1 saturated carbocycles. The zero-order chi connectivity index (χ0) is 27.4. The van der Waals surface area contributed by atoms with Crippen LogP contribution in [0.5, 0.6) is 0 Å². The van der Waals surface area contributed by atoms with Crippen molar-refractivity contribution in [2.45, 2.75) is 78.0 Å². The summed E-state index contributed by atoms with van der Waals surface area (Å²) in [6, 6.07) is 23.8. The predicted molar refractivity (Wildman–Crippen MR) is 155 cm³/mol. The van der Waals surface area contributed by atoms with E-state index in [1.807, 2.05) is 86.0 Å². The number of nitrogens with one attached hydrogen (secondary N) is 1. The minimum atomic E-state index is -0.379. The molecule has 0 spiro atoms. The summed E-state index contributed by atoms with van der Waals surface area (Å²) >= 11 is 0. The first-order valence-corrected chi connectivity index (χ1v) is 14.1. The third kappa shape index (κ3) is 6.06. The molecule has 4 aromatic rings. The summed E-state index contributed by atoms with van der Waals surface area (Å²) in [5.41, 5.74) is 5.57. The van der Waals surface area contributed by atoms with E-state index in [2.05, 4.69) is 22.3 Å². The Bertz CT molecular complexity index is 1450. The summed E-state index contributed by atoms with van der Waals surface area (Å²) in [5, 5.41) is 3.13. The molecule has 6 nitrogen and oxygen atoms in total. The Balaban J connectivity index is 1.43. The summed E-state index contributed by atoms with van der Waals surface area (Å²) in [6.07, 6.45) is 5.63. The minimum Gasteiger partial charge on any atom is -0.342 e. The average molecular weight is 523 g/mol. The molecule has 1 unspecified atom stereocenters. The van der Waals surface area contributed by atoms with Crippen molar-refractivity contribution < 1.29 is 9.59 Å². The first-order valence-electron chi connectivity index (χ1n) is 14.1. The molecule has 1 aliphatic rings. The van der Waals surface area contributed by atoms with E-state index in [4.69, 9.17) is 4.98 Å². The van der Waals surface area contributed by atoms with Gasteiger partial charge in [-0.1, -0.05) is 79.4 Å². The lowest BCUT2D eigenvalue weighted by Crippen LogP contribution is -2.43. The van der Waals surface area contributed by atoms with Crippen LogP contribution in [-0.4, -0.2) is 32.3 Å². The van der Waals surface area contributed by atoms with Gasteiger partial charge in [0.2, 0.25) is 5.91 Å². The highest BCUT2D eigenvalue weighted by molar-refractivity contribution is 5.96. The quantitative estimate of drug-likeness (QED) is 0.287. The van der Waals surface area contributed by atoms with Gasteiger partial charge in [0, 0.05) is 18.2 Å². The molecule has 3 aromatic carbocycles. The number of para-hydroxylation sites is 2. The van der Waals surface area contributed by atoms with Gasteiger partial charge >= 0.3 is 0 Å². The number of carbonyl (C=O) groups excluding carboxylic acids is 2. The van der Waals surface area contributed by atoms with Gasteiger partial charge in [-0.05, 0) is 62.9 Å². The van der Waals surface area contributed by atoms with E-state index in [1.54, 1.807) is 0 Å². The van der Waals surface area contributed by atoms with Crippen LogP contribution in [0.1, 0.15) is 77.9 Å². The molecular formula is C33H38N4O2. The second kappa shape index (κ2) is 11.9. The molecule has 5 rings (SSSR count). The van der Waals surface area contributed by atoms with Gasteiger partial charge in [0.1, 0.15) is 12.4 Å². The molecule has 6 heteroatoms. The maximum atomic E-state index is 14.0. The molecule has 2 amide bonds. The molecule has 1 aromatic heterocycles. The van der Waals surface area contributed by atoms with Gasteiger partial charge in [-0.3, -0.25) is 9.59 Å². The van der Waals surface area contributed by atoms with Crippen molar-refractivity contribution in [1.82, 2.24) is 19.8 Å². The number of aromatic nitrogens is 2. The van der Waals surface area contributed by atoms with E-state index in [0.717, 1.165) is 53.4 Å². The number of nitrogens with zero attached hydrogens (tertiary/aromatic N) is 3. The van der Waals surface area contributed by atoms with Crippen molar-refractivity contribution in [2.24, 2.45) is 0 Å². The van der Waals surface area contributed by atoms with E-state index in [1.165, 1.54) is 6.42 Å². The number of amides is 2. The monoisotopic (exact) mass is 522 g/mol. The lowest BCUT2D eigenvalue weighted by atomic mass is 9.93. The number of hydrogen-bond acceptors (Lipinski definition) is 3. The van der Waals surface area contributed by atoms with Gasteiger partial charge < -0.3 is 14.8 Å². The highest BCUT2D eigenvalue weighted by Gasteiger charge is 2.28. The van der Waals surface area contributed by atoms with Crippen LogP contribution in [0.15, 0.2) is 72.8 Å². The zero-order valence-electron chi connectivity index (χ0n) is 23.2. The molecular weight excluding hydrogens is 484 g/mol. The second-order valence-electron chi connectivity index (χ2n) is 10.9. The molecule has 0 aliphatic heterocycles. The van der Waals surface area contributed by atoms with E-state index < -0.39 is 0 Å². The Morgan fingerprint density at radius 2 is 1.69 bits per heavy atom. The predicted octanol–water partition coefficient (Wildman–Crippen LogP) is 6.51. The van der Waals surface area contributed by atoms with Crippen LogP contribution in [-0.2, 0) is 17.9 Å². The van der Waals surface area contributed by atoms with E-state index in [9.17, 15) is 9.59 Å². The lowest BCUT2D eigenvalue weighted by molar-refractivity contribution is -0.135. The molecule has 0 bridgehead atoms. The molecule has 39 heavy (non-hydrogen) atoms. The van der Waals surface area contributed by atoms with Crippen molar-refractivity contribution in [3.63, 3.8) is 0 Å². The Kier molecular flexibility index (Phi) is 8.10. The van der Waals surface area contributed by atoms with Crippen LogP contribution in [0.3, 0.4) is 0 Å². The number of benzene rings is 3. The number of aryl methyl sites for hydroxylation is 2. The summed E-state index contributed by atoms with van der Waals surface area (Å²) in [5.74, 6) is 0.631. The zero-order valence-corrected chi connectivity index (χ0v) is 23.2. The summed E-state index contributed by atoms with van der Waals surface area (Å²) in [6.45, 7) is 6.69. The van der Waals surface area contributed by atoms with Gasteiger partial charge in [-0.2, -0.15) is 0 Å². The maximum absolute atomic E-state index is 14.0. The Morgan fingerprint density at radius 1 is 0.974 bits per heavy atom. The van der Waals surface area contributed by atoms with E-state index >= 15 is 0 Å². The first-order chi connectivity index (χ1) is 18.9. The molecule has 0 radical (unpaired) electrons. The van der Waals surface area contributed by atoms with Crippen LogP contribution >= 0.6 is 0 Å². The molecule has 202 valence electrons. The molecule has 1 fully saturated rings. The largest absolute Gasteiger partial charge is 0.342 e. The maximum Gasteiger partial charge on any atom is 0.252 e. The average Bonchev–Trinajstić information content (AvgIpc) is 3.31. The van der Waals surface area contributed by atoms with Gasteiger partial charge in [0.05, 0.1) is 17.1 Å². The lowest BCUT2D eigenvalue weighted by Gasteiger charge is -2.35. The molecule has 0 saturated heterocycles. The van der Waals surface area contributed by atoms with Crippen LogP contribution in [0, 0.1) is 13.8 Å². The fraction of sp³-hybridized carbons (Fsp3) is 0.364. The smallest absolute Gasteiger partial charge is 0.252 e. The van der Waals surface area contributed by atoms with Gasteiger partial charge in [-0.25, -0.2) is 4.98 Å². The van der Waals surface area contributed by atoms with Crippen LogP contribution in [0.4, 0.5) is 0 Å². The molecule has 1 atom stereocenters. The third-order valence-electron chi connectivity index (χ3n) is 7.87. The second-order valence-corrected chi connectivity index (χ2v) is 10.9. The molecule has 1 heterocycles. The number of imidazole rings is 1.